The number of nitrogens with zero attached hydrogens (tertiary/aromatic N) is 6. The molecule has 0 bridgehead atoms. The fourth-order valence-electron chi connectivity index (χ4n) is 5.50. The zero-order valence-electron chi connectivity index (χ0n) is 23.7. The molecule has 0 unspecified atom stereocenters. The van der Waals surface area contributed by atoms with E-state index in [0.717, 1.165) is 55.0 Å². The number of halogens is 1. The summed E-state index contributed by atoms with van der Waals surface area (Å²) >= 11 is 0. The van der Waals surface area contributed by atoms with Crippen molar-refractivity contribution in [1.29, 1.82) is 5.26 Å². The number of pyridine rings is 1. The maximum Gasteiger partial charge on any atom is 0.439 e. The standard InChI is InChI=1S/C32H28FN7O4/c33-26-12-20(15-34)4-5-23(26)19-43-24-3-1-2-22(13-24)21-6-9-39(10-7-21)18-30-36-27-14-28(31-37-32(41)44-38-31)35-16-29(27)40(30)17-25-8-11-42-25/h1-6,12-14,16,25H,7-11,17-19H2,(H,37,38,41)/t25-/m0/s1. The van der Waals surface area contributed by atoms with Crippen molar-refractivity contribution in [3.05, 3.63) is 99.7 Å². The molecule has 0 aliphatic carbocycles. The Hall–Kier alpha value is -5.12. The van der Waals surface area contributed by atoms with Crippen LogP contribution in [0, 0.1) is 17.1 Å². The van der Waals surface area contributed by atoms with E-state index in [1.54, 1.807) is 18.3 Å². The minimum absolute atomic E-state index is 0.0776. The normalized spacial score (nSPS) is 16.8. The van der Waals surface area contributed by atoms with Gasteiger partial charge in [0, 0.05) is 25.3 Å². The van der Waals surface area contributed by atoms with Crippen molar-refractivity contribution in [3.8, 4) is 23.3 Å². The van der Waals surface area contributed by atoms with Gasteiger partial charge in [0.15, 0.2) is 0 Å². The molecule has 2 aliphatic rings. The maximum atomic E-state index is 14.3. The third-order valence-corrected chi connectivity index (χ3v) is 8.02. The molecule has 44 heavy (non-hydrogen) atoms. The molecular weight excluding hydrogens is 565 g/mol. The minimum Gasteiger partial charge on any atom is -0.489 e. The van der Waals surface area contributed by atoms with Gasteiger partial charge in [0.1, 0.15) is 29.7 Å². The smallest absolute Gasteiger partial charge is 0.439 e. The summed E-state index contributed by atoms with van der Waals surface area (Å²) in [6.45, 7) is 3.80. The van der Waals surface area contributed by atoms with Gasteiger partial charge in [-0.25, -0.2) is 14.2 Å². The fraction of sp³-hybridized carbons (Fsp3) is 0.281. The Morgan fingerprint density at radius 2 is 2.11 bits per heavy atom. The number of aromatic amines is 1. The average molecular weight is 594 g/mol. The van der Waals surface area contributed by atoms with Gasteiger partial charge in [-0.15, -0.1) is 0 Å². The summed E-state index contributed by atoms with van der Waals surface area (Å²) in [6.07, 6.45) is 5.99. The number of H-pyrrole nitrogens is 1. The lowest BCUT2D eigenvalue weighted by Crippen LogP contribution is -2.33. The molecule has 5 heterocycles. The Labute approximate surface area is 251 Å². The summed E-state index contributed by atoms with van der Waals surface area (Å²) in [5.74, 6) is 0.757. The van der Waals surface area contributed by atoms with Gasteiger partial charge in [0.05, 0.1) is 48.1 Å². The van der Waals surface area contributed by atoms with Crippen LogP contribution in [0.3, 0.4) is 0 Å². The number of hydrogen-bond donors (Lipinski definition) is 1. The zero-order chi connectivity index (χ0) is 30.0. The van der Waals surface area contributed by atoms with Crippen LogP contribution >= 0.6 is 0 Å². The predicted molar refractivity (Wildman–Crippen MR) is 158 cm³/mol. The molecule has 11 nitrogen and oxygen atoms in total. The summed E-state index contributed by atoms with van der Waals surface area (Å²) in [5.41, 5.74) is 5.12. The first kappa shape index (κ1) is 27.7. The summed E-state index contributed by atoms with van der Waals surface area (Å²) in [5, 5.41) is 12.7. The third-order valence-electron chi connectivity index (χ3n) is 8.02. The molecular formula is C32H28FN7O4. The quantitative estimate of drug-likeness (QED) is 0.263. The second-order valence-corrected chi connectivity index (χ2v) is 10.9. The van der Waals surface area contributed by atoms with Crippen LogP contribution in [0.15, 0.2) is 70.1 Å². The van der Waals surface area contributed by atoms with E-state index >= 15 is 0 Å². The summed E-state index contributed by atoms with van der Waals surface area (Å²) in [6, 6.07) is 16.0. The van der Waals surface area contributed by atoms with E-state index in [0.29, 0.717) is 30.1 Å². The highest BCUT2D eigenvalue weighted by molar-refractivity contribution is 5.78. The first-order valence-electron chi connectivity index (χ1n) is 14.4. The highest BCUT2D eigenvalue weighted by Crippen LogP contribution is 2.28. The molecule has 2 aromatic carbocycles. The molecule has 0 radical (unpaired) electrons. The number of nitriles is 1. The summed E-state index contributed by atoms with van der Waals surface area (Å²) in [7, 11) is 0. The third kappa shape index (κ3) is 5.75. The molecule has 0 saturated carbocycles. The van der Waals surface area contributed by atoms with Crippen LogP contribution in [0.4, 0.5) is 4.39 Å². The van der Waals surface area contributed by atoms with Gasteiger partial charge < -0.3 is 14.0 Å². The van der Waals surface area contributed by atoms with Gasteiger partial charge in [0.25, 0.3) is 0 Å². The van der Waals surface area contributed by atoms with Crippen LogP contribution in [-0.2, 0) is 24.4 Å². The van der Waals surface area contributed by atoms with Gasteiger partial charge in [-0.3, -0.25) is 19.4 Å². The maximum absolute atomic E-state index is 14.3. The molecule has 0 spiro atoms. The number of ether oxygens (including phenoxy) is 2. The predicted octanol–water partition coefficient (Wildman–Crippen LogP) is 4.44. The van der Waals surface area contributed by atoms with Crippen LogP contribution in [-0.4, -0.2) is 55.4 Å². The first-order chi connectivity index (χ1) is 21.5. The number of fused-ring (bicyclic) bond motifs is 1. The largest absolute Gasteiger partial charge is 0.489 e. The molecule has 1 fully saturated rings. The van der Waals surface area contributed by atoms with E-state index in [9.17, 15) is 9.18 Å². The Bertz CT molecular complexity index is 1970. The van der Waals surface area contributed by atoms with Crippen molar-refractivity contribution in [2.45, 2.75) is 38.6 Å². The molecule has 12 heteroatoms. The van der Waals surface area contributed by atoms with E-state index in [-0.39, 0.29) is 24.1 Å². The number of imidazole rings is 1. The van der Waals surface area contributed by atoms with E-state index in [1.807, 2.05) is 30.3 Å². The van der Waals surface area contributed by atoms with Gasteiger partial charge in [-0.2, -0.15) is 5.26 Å². The van der Waals surface area contributed by atoms with Crippen LogP contribution < -0.4 is 10.5 Å². The molecule has 222 valence electrons. The monoisotopic (exact) mass is 593 g/mol. The average Bonchev–Trinajstić information content (AvgIpc) is 3.61. The van der Waals surface area contributed by atoms with Crippen LogP contribution in [0.1, 0.15) is 35.4 Å². The number of hydrogen-bond acceptors (Lipinski definition) is 9. The Balaban J connectivity index is 1.05. The van der Waals surface area contributed by atoms with Gasteiger partial charge in [-0.05, 0) is 54.3 Å². The number of nitrogens with one attached hydrogen (secondary N) is 1. The van der Waals surface area contributed by atoms with E-state index < -0.39 is 11.6 Å². The molecule has 7 rings (SSSR count). The van der Waals surface area contributed by atoms with Crippen molar-refractivity contribution >= 4 is 16.6 Å². The lowest BCUT2D eigenvalue weighted by molar-refractivity contribution is -0.0591. The lowest BCUT2D eigenvalue weighted by atomic mass is 9.99. The van der Waals surface area contributed by atoms with Crippen molar-refractivity contribution in [2.24, 2.45) is 0 Å². The minimum atomic E-state index is -0.634. The summed E-state index contributed by atoms with van der Waals surface area (Å²) in [4.78, 5) is 25.8. The zero-order valence-corrected chi connectivity index (χ0v) is 23.7. The van der Waals surface area contributed by atoms with Crippen LogP contribution in [0.5, 0.6) is 5.75 Å². The van der Waals surface area contributed by atoms with E-state index in [4.69, 9.17) is 19.7 Å². The first-order valence-corrected chi connectivity index (χ1v) is 14.4. The fourth-order valence-corrected chi connectivity index (χ4v) is 5.50. The Kier molecular flexibility index (Phi) is 7.47. The van der Waals surface area contributed by atoms with Gasteiger partial charge in [-0.1, -0.05) is 29.4 Å². The molecule has 0 amide bonds. The number of aromatic nitrogens is 5. The molecule has 5 aromatic rings. The Morgan fingerprint density at radius 1 is 1.20 bits per heavy atom. The van der Waals surface area contributed by atoms with Gasteiger partial charge in [0.2, 0.25) is 5.82 Å². The SMILES string of the molecule is N#Cc1ccc(COc2cccc(C3=CCN(Cc4nc5cc(-c6noc(=O)[nH]6)ncc5n4C[C@@H]4CCO4)CC3)c2)c(F)c1. The number of rotatable bonds is 9. The molecule has 1 atom stereocenters. The van der Waals surface area contributed by atoms with Crippen LogP contribution in [0.2, 0.25) is 0 Å². The molecule has 1 saturated heterocycles. The molecule has 1 N–H and O–H groups in total. The van der Waals surface area contributed by atoms with Crippen molar-refractivity contribution in [2.75, 3.05) is 19.7 Å². The second-order valence-electron chi connectivity index (χ2n) is 10.9. The van der Waals surface area contributed by atoms with Gasteiger partial charge >= 0.3 is 5.76 Å². The van der Waals surface area contributed by atoms with Crippen molar-refractivity contribution in [1.82, 2.24) is 29.6 Å². The van der Waals surface area contributed by atoms with Crippen molar-refractivity contribution in [3.63, 3.8) is 0 Å². The van der Waals surface area contributed by atoms with Crippen LogP contribution in [0.25, 0.3) is 28.1 Å². The summed E-state index contributed by atoms with van der Waals surface area (Å²) < 4.78 is 32.7. The van der Waals surface area contributed by atoms with E-state index in [1.165, 1.54) is 11.6 Å². The molecule has 3 aromatic heterocycles. The Morgan fingerprint density at radius 3 is 2.84 bits per heavy atom. The lowest BCUT2D eigenvalue weighted by Gasteiger charge is -2.29. The highest BCUT2D eigenvalue weighted by atomic mass is 19.1. The van der Waals surface area contributed by atoms with Crippen molar-refractivity contribution < 1.29 is 18.4 Å². The number of benzene rings is 2. The second kappa shape index (κ2) is 11.9. The molecule has 2 aliphatic heterocycles. The highest BCUT2D eigenvalue weighted by Gasteiger charge is 2.24. The topological polar surface area (TPSA) is 135 Å². The van der Waals surface area contributed by atoms with E-state index in [2.05, 4.69) is 41.3 Å².